The molecule has 4 heteroatoms. The highest BCUT2D eigenvalue weighted by Crippen LogP contribution is 2.12. The minimum absolute atomic E-state index is 0.124. The standard InChI is InChI=1S/C14H19N3O/c1-11(2)7-8-16-10-14(18)17-13-6-4-3-5-12(13)9-15/h3-6,11,16H,7-8,10H2,1-2H3,(H,17,18). The quantitative estimate of drug-likeness (QED) is 0.755. The number of carbonyl (C=O) groups excluding carboxylic acids is 1. The van der Waals surface area contributed by atoms with Crippen LogP contribution in [0.5, 0.6) is 0 Å². The third-order valence-corrected chi connectivity index (χ3v) is 2.51. The molecule has 0 heterocycles. The molecule has 96 valence electrons. The SMILES string of the molecule is CC(C)CCNCC(=O)Nc1ccccc1C#N. The van der Waals surface area contributed by atoms with Crippen LogP contribution in [0.25, 0.3) is 0 Å². The number of carbonyl (C=O) groups is 1. The Morgan fingerprint density at radius 3 is 2.78 bits per heavy atom. The normalized spacial score (nSPS) is 10.1. The molecule has 0 aliphatic rings. The molecule has 0 radical (unpaired) electrons. The minimum atomic E-state index is -0.124. The minimum Gasteiger partial charge on any atom is -0.324 e. The van der Waals surface area contributed by atoms with Crippen LogP contribution in [0.2, 0.25) is 0 Å². The Hall–Kier alpha value is -1.86. The Balaban J connectivity index is 2.38. The van der Waals surface area contributed by atoms with Gasteiger partial charge >= 0.3 is 0 Å². The van der Waals surface area contributed by atoms with E-state index in [1.165, 1.54) is 0 Å². The van der Waals surface area contributed by atoms with Crippen LogP contribution in [-0.2, 0) is 4.79 Å². The lowest BCUT2D eigenvalue weighted by Crippen LogP contribution is -2.29. The zero-order chi connectivity index (χ0) is 13.4. The molecule has 0 spiro atoms. The number of rotatable bonds is 6. The van der Waals surface area contributed by atoms with Crippen molar-refractivity contribution < 1.29 is 4.79 Å². The molecule has 1 aromatic rings. The van der Waals surface area contributed by atoms with E-state index in [0.717, 1.165) is 13.0 Å². The highest BCUT2D eigenvalue weighted by atomic mass is 16.1. The third-order valence-electron chi connectivity index (χ3n) is 2.51. The van der Waals surface area contributed by atoms with E-state index in [0.29, 0.717) is 17.2 Å². The molecule has 0 atom stereocenters. The van der Waals surface area contributed by atoms with Crippen LogP contribution in [0.15, 0.2) is 24.3 Å². The second-order valence-electron chi connectivity index (χ2n) is 4.56. The van der Waals surface area contributed by atoms with Gasteiger partial charge in [0.1, 0.15) is 6.07 Å². The Kier molecular flexibility index (Phi) is 5.89. The Bertz CT molecular complexity index is 435. The summed E-state index contributed by atoms with van der Waals surface area (Å²) in [6.07, 6.45) is 1.04. The summed E-state index contributed by atoms with van der Waals surface area (Å²) in [6, 6.07) is 9.02. The molecule has 2 N–H and O–H groups in total. The van der Waals surface area contributed by atoms with Crippen molar-refractivity contribution in [3.63, 3.8) is 0 Å². The maximum atomic E-state index is 11.6. The lowest BCUT2D eigenvalue weighted by atomic mass is 10.1. The van der Waals surface area contributed by atoms with Crippen LogP contribution in [0.1, 0.15) is 25.8 Å². The lowest BCUT2D eigenvalue weighted by molar-refractivity contribution is -0.115. The van der Waals surface area contributed by atoms with Crippen molar-refractivity contribution in [1.29, 1.82) is 5.26 Å². The first-order valence-electron chi connectivity index (χ1n) is 6.13. The highest BCUT2D eigenvalue weighted by Gasteiger charge is 2.05. The topological polar surface area (TPSA) is 64.9 Å². The van der Waals surface area contributed by atoms with Crippen molar-refractivity contribution in [3.8, 4) is 6.07 Å². The van der Waals surface area contributed by atoms with Gasteiger partial charge in [-0.25, -0.2) is 0 Å². The van der Waals surface area contributed by atoms with Gasteiger partial charge in [-0.3, -0.25) is 4.79 Å². The zero-order valence-corrected chi connectivity index (χ0v) is 10.9. The Morgan fingerprint density at radius 2 is 2.11 bits per heavy atom. The predicted molar refractivity (Wildman–Crippen MR) is 72.1 cm³/mol. The van der Waals surface area contributed by atoms with E-state index in [-0.39, 0.29) is 12.5 Å². The lowest BCUT2D eigenvalue weighted by Gasteiger charge is -2.08. The van der Waals surface area contributed by atoms with Gasteiger partial charge in [-0.15, -0.1) is 0 Å². The fourth-order valence-corrected chi connectivity index (χ4v) is 1.48. The average Bonchev–Trinajstić information content (AvgIpc) is 2.35. The van der Waals surface area contributed by atoms with Gasteiger partial charge in [0.05, 0.1) is 17.8 Å². The second-order valence-corrected chi connectivity index (χ2v) is 4.56. The summed E-state index contributed by atoms with van der Waals surface area (Å²) in [6.45, 7) is 5.38. The molecule has 0 aliphatic carbocycles. The summed E-state index contributed by atoms with van der Waals surface area (Å²) in [4.78, 5) is 11.6. The van der Waals surface area contributed by atoms with Crippen LogP contribution in [0, 0.1) is 17.2 Å². The summed E-state index contributed by atoms with van der Waals surface area (Å²) >= 11 is 0. The van der Waals surface area contributed by atoms with E-state index in [9.17, 15) is 4.79 Å². The highest BCUT2D eigenvalue weighted by molar-refractivity contribution is 5.93. The second kappa shape index (κ2) is 7.46. The number of nitriles is 1. The van der Waals surface area contributed by atoms with Gasteiger partial charge in [0.2, 0.25) is 5.91 Å². The average molecular weight is 245 g/mol. The van der Waals surface area contributed by atoms with Crippen LogP contribution >= 0.6 is 0 Å². The smallest absolute Gasteiger partial charge is 0.238 e. The molecule has 0 saturated heterocycles. The first kappa shape index (κ1) is 14.2. The number of amides is 1. The number of hydrogen-bond acceptors (Lipinski definition) is 3. The van der Waals surface area contributed by atoms with Crippen LogP contribution in [0.3, 0.4) is 0 Å². The summed E-state index contributed by atoms with van der Waals surface area (Å²) in [5.41, 5.74) is 1.05. The van der Waals surface area contributed by atoms with Crippen molar-refractivity contribution in [3.05, 3.63) is 29.8 Å². The molecule has 0 aliphatic heterocycles. The van der Waals surface area contributed by atoms with Crippen LogP contribution in [-0.4, -0.2) is 19.0 Å². The maximum absolute atomic E-state index is 11.6. The van der Waals surface area contributed by atoms with Gasteiger partial charge in [0.25, 0.3) is 0 Å². The summed E-state index contributed by atoms with van der Waals surface area (Å²) in [5, 5.41) is 14.7. The first-order valence-corrected chi connectivity index (χ1v) is 6.13. The predicted octanol–water partition coefficient (Wildman–Crippen LogP) is 2.13. The number of benzene rings is 1. The molecular weight excluding hydrogens is 226 g/mol. The summed E-state index contributed by atoms with van der Waals surface area (Å²) < 4.78 is 0. The van der Waals surface area contributed by atoms with Gasteiger partial charge in [-0.1, -0.05) is 26.0 Å². The maximum Gasteiger partial charge on any atom is 0.238 e. The van der Waals surface area contributed by atoms with Crippen LogP contribution < -0.4 is 10.6 Å². The van der Waals surface area contributed by atoms with Crippen molar-refractivity contribution in [1.82, 2.24) is 5.32 Å². The van der Waals surface area contributed by atoms with Crippen molar-refractivity contribution in [2.45, 2.75) is 20.3 Å². The molecule has 0 aromatic heterocycles. The van der Waals surface area contributed by atoms with Crippen molar-refractivity contribution >= 4 is 11.6 Å². The molecule has 18 heavy (non-hydrogen) atoms. The number of nitrogens with zero attached hydrogens (tertiary/aromatic N) is 1. The number of anilines is 1. The van der Waals surface area contributed by atoms with Crippen molar-refractivity contribution in [2.75, 3.05) is 18.4 Å². The Labute approximate surface area is 108 Å². The van der Waals surface area contributed by atoms with E-state index in [4.69, 9.17) is 5.26 Å². The van der Waals surface area contributed by atoms with Gasteiger partial charge in [-0.2, -0.15) is 5.26 Å². The fraction of sp³-hybridized carbons (Fsp3) is 0.429. The number of hydrogen-bond donors (Lipinski definition) is 2. The molecule has 0 bridgehead atoms. The van der Waals surface area contributed by atoms with Gasteiger partial charge < -0.3 is 10.6 Å². The van der Waals surface area contributed by atoms with E-state index in [2.05, 4.69) is 24.5 Å². The molecule has 1 amide bonds. The monoisotopic (exact) mass is 245 g/mol. The largest absolute Gasteiger partial charge is 0.324 e. The molecule has 0 unspecified atom stereocenters. The van der Waals surface area contributed by atoms with E-state index >= 15 is 0 Å². The summed E-state index contributed by atoms with van der Waals surface area (Å²) in [7, 11) is 0. The van der Waals surface area contributed by atoms with E-state index < -0.39 is 0 Å². The molecular formula is C14H19N3O. The van der Waals surface area contributed by atoms with E-state index in [1.54, 1.807) is 24.3 Å². The van der Waals surface area contributed by atoms with Gasteiger partial charge in [0.15, 0.2) is 0 Å². The van der Waals surface area contributed by atoms with Gasteiger partial charge in [0, 0.05) is 0 Å². The van der Waals surface area contributed by atoms with Crippen LogP contribution in [0.4, 0.5) is 5.69 Å². The van der Waals surface area contributed by atoms with E-state index in [1.807, 2.05) is 6.07 Å². The zero-order valence-electron chi connectivity index (χ0n) is 10.9. The molecule has 0 fully saturated rings. The third kappa shape index (κ3) is 4.98. The number of nitrogens with one attached hydrogen (secondary N) is 2. The number of para-hydroxylation sites is 1. The van der Waals surface area contributed by atoms with Crippen molar-refractivity contribution in [2.24, 2.45) is 5.92 Å². The van der Waals surface area contributed by atoms with Gasteiger partial charge in [-0.05, 0) is 31.0 Å². The first-order chi connectivity index (χ1) is 8.63. The molecule has 1 aromatic carbocycles. The molecule has 1 rings (SSSR count). The fourth-order valence-electron chi connectivity index (χ4n) is 1.48. The Morgan fingerprint density at radius 1 is 1.39 bits per heavy atom. The molecule has 4 nitrogen and oxygen atoms in total. The molecule has 0 saturated carbocycles. The summed E-state index contributed by atoms with van der Waals surface area (Å²) in [5.74, 6) is 0.501.